The van der Waals surface area contributed by atoms with Gasteiger partial charge in [0.1, 0.15) is 11.9 Å². The highest BCUT2D eigenvalue weighted by Crippen LogP contribution is 2.32. The van der Waals surface area contributed by atoms with E-state index >= 15 is 0 Å². The predicted octanol–water partition coefficient (Wildman–Crippen LogP) is 3.57. The number of benzene rings is 2. The van der Waals surface area contributed by atoms with Gasteiger partial charge in [0.05, 0.1) is 7.11 Å². The standard InChI is InChI=1S/C22H23N3O/c1-23-22-20-12-16(15-5-3-7-19(11-15)26-2)8-9-17(20)13-21(25-22)18-6-4-10-24-14-18/h3-13,22-25H,14H2,1-2H3. The van der Waals surface area contributed by atoms with Gasteiger partial charge in [0.25, 0.3) is 0 Å². The van der Waals surface area contributed by atoms with Crippen molar-refractivity contribution in [3.63, 3.8) is 0 Å². The Hall–Kier alpha value is -2.98. The summed E-state index contributed by atoms with van der Waals surface area (Å²) >= 11 is 0. The van der Waals surface area contributed by atoms with E-state index in [1.54, 1.807) is 7.11 Å². The van der Waals surface area contributed by atoms with Crippen molar-refractivity contribution >= 4 is 6.08 Å². The van der Waals surface area contributed by atoms with Gasteiger partial charge in [-0.05, 0) is 71.4 Å². The van der Waals surface area contributed by atoms with E-state index in [4.69, 9.17) is 4.74 Å². The number of allylic oxidation sites excluding steroid dienone is 2. The number of nitrogens with one attached hydrogen (secondary N) is 3. The summed E-state index contributed by atoms with van der Waals surface area (Å²) in [5, 5.41) is 10.3. The Bertz CT molecular complexity index is 911. The smallest absolute Gasteiger partial charge is 0.119 e. The molecule has 3 N–H and O–H groups in total. The Morgan fingerprint density at radius 2 is 2.00 bits per heavy atom. The van der Waals surface area contributed by atoms with Gasteiger partial charge in [0.15, 0.2) is 0 Å². The molecule has 1 unspecified atom stereocenters. The summed E-state index contributed by atoms with van der Waals surface area (Å²) in [5.74, 6) is 0.871. The van der Waals surface area contributed by atoms with E-state index in [-0.39, 0.29) is 6.17 Å². The maximum absolute atomic E-state index is 5.36. The van der Waals surface area contributed by atoms with Crippen LogP contribution in [0.15, 0.2) is 72.1 Å². The molecule has 2 aromatic rings. The molecule has 2 aliphatic heterocycles. The van der Waals surface area contributed by atoms with Gasteiger partial charge in [-0.1, -0.05) is 30.3 Å². The Morgan fingerprint density at radius 1 is 1.12 bits per heavy atom. The summed E-state index contributed by atoms with van der Waals surface area (Å²) in [4.78, 5) is 0. The van der Waals surface area contributed by atoms with Gasteiger partial charge < -0.3 is 15.4 Å². The van der Waals surface area contributed by atoms with E-state index < -0.39 is 0 Å². The molecule has 2 aliphatic rings. The topological polar surface area (TPSA) is 45.3 Å². The lowest BCUT2D eigenvalue weighted by molar-refractivity contribution is 0.415. The first-order valence-corrected chi connectivity index (χ1v) is 8.82. The molecule has 132 valence electrons. The van der Waals surface area contributed by atoms with Crippen LogP contribution in [0.25, 0.3) is 17.2 Å². The molecule has 0 aliphatic carbocycles. The number of fused-ring (bicyclic) bond motifs is 1. The van der Waals surface area contributed by atoms with Gasteiger partial charge in [-0.15, -0.1) is 0 Å². The normalized spacial score (nSPS) is 18.2. The number of hydrogen-bond donors (Lipinski definition) is 3. The average Bonchev–Trinajstić information content (AvgIpc) is 2.73. The first kappa shape index (κ1) is 16.5. The molecule has 0 fully saturated rings. The molecule has 2 aromatic carbocycles. The van der Waals surface area contributed by atoms with Crippen LogP contribution in [0.4, 0.5) is 0 Å². The zero-order valence-corrected chi connectivity index (χ0v) is 15.0. The van der Waals surface area contributed by atoms with Crippen LogP contribution in [0.2, 0.25) is 0 Å². The van der Waals surface area contributed by atoms with Gasteiger partial charge in [-0.3, -0.25) is 5.32 Å². The minimum atomic E-state index is 0.0716. The lowest BCUT2D eigenvalue weighted by Gasteiger charge is -2.30. The molecule has 2 heterocycles. The van der Waals surface area contributed by atoms with E-state index in [0.717, 1.165) is 23.6 Å². The maximum atomic E-state index is 5.36. The van der Waals surface area contributed by atoms with Crippen molar-refractivity contribution < 1.29 is 4.74 Å². The number of methoxy groups -OCH3 is 1. The molecule has 4 heteroatoms. The Kier molecular flexibility index (Phi) is 4.50. The zero-order valence-electron chi connectivity index (χ0n) is 15.0. The SMILES string of the molecule is CNC1NC(C2=CC=CNC2)=Cc2ccc(-c3cccc(OC)c3)cc21. The molecular weight excluding hydrogens is 322 g/mol. The zero-order chi connectivity index (χ0) is 17.9. The first-order chi connectivity index (χ1) is 12.8. The second-order valence-electron chi connectivity index (χ2n) is 6.43. The van der Waals surface area contributed by atoms with Gasteiger partial charge in [0.2, 0.25) is 0 Å². The van der Waals surface area contributed by atoms with E-state index in [1.165, 1.54) is 22.3 Å². The van der Waals surface area contributed by atoms with E-state index in [9.17, 15) is 0 Å². The Morgan fingerprint density at radius 3 is 2.77 bits per heavy atom. The quantitative estimate of drug-likeness (QED) is 0.793. The van der Waals surface area contributed by atoms with Crippen molar-refractivity contribution in [1.82, 2.24) is 16.0 Å². The van der Waals surface area contributed by atoms with Gasteiger partial charge >= 0.3 is 0 Å². The van der Waals surface area contributed by atoms with Crippen LogP contribution >= 0.6 is 0 Å². The van der Waals surface area contributed by atoms with E-state index in [2.05, 4.69) is 58.4 Å². The molecule has 0 saturated carbocycles. The lowest BCUT2D eigenvalue weighted by atomic mass is 9.93. The minimum Gasteiger partial charge on any atom is -0.497 e. The third kappa shape index (κ3) is 3.11. The number of hydrogen-bond acceptors (Lipinski definition) is 4. The monoisotopic (exact) mass is 345 g/mol. The molecule has 0 aromatic heterocycles. The maximum Gasteiger partial charge on any atom is 0.119 e. The summed E-state index contributed by atoms with van der Waals surface area (Å²) in [6, 6.07) is 14.8. The molecule has 0 radical (unpaired) electrons. The van der Waals surface area contributed by atoms with E-state index in [1.807, 2.05) is 31.5 Å². The van der Waals surface area contributed by atoms with Crippen LogP contribution in [0.3, 0.4) is 0 Å². The van der Waals surface area contributed by atoms with Crippen LogP contribution in [0, 0.1) is 0 Å². The van der Waals surface area contributed by atoms with Crippen LogP contribution in [0.1, 0.15) is 17.3 Å². The molecule has 4 rings (SSSR count). The van der Waals surface area contributed by atoms with Crippen LogP contribution in [0.5, 0.6) is 5.75 Å². The van der Waals surface area contributed by atoms with Crippen molar-refractivity contribution in [1.29, 1.82) is 0 Å². The molecule has 0 bridgehead atoms. The fourth-order valence-corrected chi connectivity index (χ4v) is 3.43. The van der Waals surface area contributed by atoms with E-state index in [0.29, 0.717) is 0 Å². The van der Waals surface area contributed by atoms with Crippen molar-refractivity contribution in [2.24, 2.45) is 0 Å². The minimum absolute atomic E-state index is 0.0716. The van der Waals surface area contributed by atoms with Crippen molar-refractivity contribution in [3.05, 3.63) is 83.2 Å². The summed E-state index contributed by atoms with van der Waals surface area (Å²) in [6.07, 6.45) is 8.46. The Balaban J connectivity index is 1.74. The summed E-state index contributed by atoms with van der Waals surface area (Å²) < 4.78 is 5.36. The number of ether oxygens (including phenoxy) is 1. The predicted molar refractivity (Wildman–Crippen MR) is 107 cm³/mol. The summed E-state index contributed by atoms with van der Waals surface area (Å²) in [6.45, 7) is 0.836. The Labute approximate surface area is 154 Å². The molecule has 0 saturated heterocycles. The van der Waals surface area contributed by atoms with Crippen LogP contribution < -0.4 is 20.7 Å². The number of rotatable bonds is 4. The molecule has 4 nitrogen and oxygen atoms in total. The average molecular weight is 345 g/mol. The number of dihydropyridines is 1. The lowest BCUT2D eigenvalue weighted by Crippen LogP contribution is -2.36. The summed E-state index contributed by atoms with van der Waals surface area (Å²) in [7, 11) is 3.68. The van der Waals surface area contributed by atoms with Crippen LogP contribution in [-0.2, 0) is 0 Å². The third-order valence-corrected chi connectivity index (χ3v) is 4.84. The fourth-order valence-electron chi connectivity index (χ4n) is 3.43. The third-order valence-electron chi connectivity index (χ3n) is 4.84. The molecule has 0 spiro atoms. The van der Waals surface area contributed by atoms with Gasteiger partial charge in [-0.2, -0.15) is 0 Å². The van der Waals surface area contributed by atoms with Crippen molar-refractivity contribution in [2.75, 3.05) is 20.7 Å². The highest BCUT2D eigenvalue weighted by atomic mass is 16.5. The van der Waals surface area contributed by atoms with Gasteiger partial charge in [0, 0.05) is 12.2 Å². The molecule has 1 atom stereocenters. The second-order valence-corrected chi connectivity index (χ2v) is 6.43. The highest BCUT2D eigenvalue weighted by Gasteiger charge is 2.21. The van der Waals surface area contributed by atoms with Gasteiger partial charge in [-0.25, -0.2) is 0 Å². The fraction of sp³-hybridized carbons (Fsp3) is 0.182. The van der Waals surface area contributed by atoms with Crippen LogP contribution in [-0.4, -0.2) is 20.7 Å². The molecule has 0 amide bonds. The molecule has 26 heavy (non-hydrogen) atoms. The van der Waals surface area contributed by atoms with Crippen molar-refractivity contribution in [2.45, 2.75) is 6.17 Å². The second kappa shape index (κ2) is 7.10. The first-order valence-electron chi connectivity index (χ1n) is 8.82. The molecular formula is C22H23N3O. The van der Waals surface area contributed by atoms with Crippen molar-refractivity contribution in [3.8, 4) is 16.9 Å². The highest BCUT2D eigenvalue weighted by molar-refractivity contribution is 5.72. The summed E-state index contributed by atoms with van der Waals surface area (Å²) in [5.41, 5.74) is 7.24. The largest absolute Gasteiger partial charge is 0.497 e.